The Morgan fingerprint density at radius 1 is 0.970 bits per heavy atom. The van der Waals surface area contributed by atoms with Crippen molar-refractivity contribution in [3.8, 4) is 11.1 Å². The zero-order chi connectivity index (χ0) is 23.4. The number of hydrazone groups is 1. The number of hydrogen-bond acceptors (Lipinski definition) is 7. The molecule has 9 heteroatoms. The van der Waals surface area contributed by atoms with E-state index in [-0.39, 0.29) is 11.4 Å². The standard InChI is InChI=1S/C24H20N4O5/c1-16(25-26-20-13-12-18(27(29)30)15-21(20)28(31)32)11-14-23-24(17-7-3-2-4-8-17)19-9-5-6-10-22(19)33-23/h2-10,12-13,15,26H,11,14H2,1H3. The third kappa shape index (κ3) is 4.72. The summed E-state index contributed by atoms with van der Waals surface area (Å²) in [5, 5.41) is 27.5. The van der Waals surface area contributed by atoms with E-state index in [0.29, 0.717) is 18.6 Å². The predicted molar refractivity (Wildman–Crippen MR) is 126 cm³/mol. The molecule has 0 fully saturated rings. The van der Waals surface area contributed by atoms with Crippen molar-refractivity contribution in [3.05, 3.63) is 98.8 Å². The first-order chi connectivity index (χ1) is 15.9. The van der Waals surface area contributed by atoms with E-state index in [1.54, 1.807) is 6.92 Å². The van der Waals surface area contributed by atoms with Crippen molar-refractivity contribution < 1.29 is 14.3 Å². The lowest BCUT2D eigenvalue weighted by molar-refractivity contribution is -0.393. The molecule has 0 amide bonds. The summed E-state index contributed by atoms with van der Waals surface area (Å²) < 4.78 is 6.12. The molecule has 1 N–H and O–H groups in total. The molecule has 9 nitrogen and oxygen atoms in total. The van der Waals surface area contributed by atoms with Gasteiger partial charge in [0.2, 0.25) is 0 Å². The van der Waals surface area contributed by atoms with Crippen molar-refractivity contribution in [3.63, 3.8) is 0 Å². The highest BCUT2D eigenvalue weighted by Gasteiger charge is 2.19. The number of fused-ring (bicyclic) bond motifs is 1. The van der Waals surface area contributed by atoms with Crippen LogP contribution in [0, 0.1) is 20.2 Å². The van der Waals surface area contributed by atoms with Crippen LogP contribution in [0.15, 0.2) is 82.3 Å². The summed E-state index contributed by atoms with van der Waals surface area (Å²) in [6.45, 7) is 1.80. The normalized spacial score (nSPS) is 11.5. The number of anilines is 1. The molecule has 1 aromatic heterocycles. The van der Waals surface area contributed by atoms with Crippen molar-refractivity contribution in [2.45, 2.75) is 19.8 Å². The smallest absolute Gasteiger partial charge is 0.301 e. The summed E-state index contributed by atoms with van der Waals surface area (Å²) in [6.07, 6.45) is 1.13. The molecule has 0 aliphatic heterocycles. The minimum Gasteiger partial charge on any atom is -0.460 e. The van der Waals surface area contributed by atoms with Gasteiger partial charge in [0.05, 0.1) is 15.9 Å². The number of hydrogen-bond donors (Lipinski definition) is 1. The largest absolute Gasteiger partial charge is 0.460 e. The number of aryl methyl sites for hydroxylation is 1. The molecule has 0 aliphatic rings. The van der Waals surface area contributed by atoms with Crippen molar-refractivity contribution in [1.29, 1.82) is 0 Å². The fourth-order valence-electron chi connectivity index (χ4n) is 3.58. The van der Waals surface area contributed by atoms with Crippen LogP contribution in [-0.4, -0.2) is 15.6 Å². The molecular weight excluding hydrogens is 424 g/mol. The average Bonchev–Trinajstić information content (AvgIpc) is 3.20. The van der Waals surface area contributed by atoms with E-state index in [9.17, 15) is 20.2 Å². The van der Waals surface area contributed by atoms with Gasteiger partial charge in [0, 0.05) is 29.1 Å². The minimum absolute atomic E-state index is 0.0821. The van der Waals surface area contributed by atoms with E-state index in [1.807, 2.05) is 54.6 Å². The minimum atomic E-state index is -0.680. The third-order valence-corrected chi connectivity index (χ3v) is 5.20. The van der Waals surface area contributed by atoms with Crippen LogP contribution >= 0.6 is 0 Å². The molecule has 4 aromatic rings. The average molecular weight is 444 g/mol. The monoisotopic (exact) mass is 444 g/mol. The van der Waals surface area contributed by atoms with Gasteiger partial charge in [0.1, 0.15) is 17.0 Å². The molecule has 0 radical (unpaired) electrons. The first-order valence-corrected chi connectivity index (χ1v) is 10.2. The number of furan rings is 1. The lowest BCUT2D eigenvalue weighted by atomic mass is 9.99. The number of para-hydroxylation sites is 1. The van der Waals surface area contributed by atoms with E-state index in [1.165, 1.54) is 12.1 Å². The van der Waals surface area contributed by atoms with E-state index < -0.39 is 15.5 Å². The number of nitrogens with zero attached hydrogens (tertiary/aromatic N) is 3. The number of nitro groups is 2. The van der Waals surface area contributed by atoms with E-state index >= 15 is 0 Å². The quantitative estimate of drug-likeness (QED) is 0.192. The van der Waals surface area contributed by atoms with Gasteiger partial charge in [0.15, 0.2) is 0 Å². The molecule has 0 saturated carbocycles. The van der Waals surface area contributed by atoms with Crippen LogP contribution in [0.3, 0.4) is 0 Å². The summed E-state index contributed by atoms with van der Waals surface area (Å²) in [4.78, 5) is 20.8. The van der Waals surface area contributed by atoms with Gasteiger partial charge in [-0.05, 0) is 31.0 Å². The number of benzene rings is 3. The zero-order valence-electron chi connectivity index (χ0n) is 17.7. The lowest BCUT2D eigenvalue weighted by Gasteiger charge is -2.06. The summed E-state index contributed by atoms with van der Waals surface area (Å²) >= 11 is 0. The van der Waals surface area contributed by atoms with Crippen LogP contribution in [0.4, 0.5) is 17.1 Å². The van der Waals surface area contributed by atoms with Gasteiger partial charge >= 0.3 is 5.69 Å². The number of non-ortho nitro benzene ring substituents is 1. The highest BCUT2D eigenvalue weighted by Crippen LogP contribution is 2.35. The predicted octanol–water partition coefficient (Wildman–Crippen LogP) is 6.34. The lowest BCUT2D eigenvalue weighted by Crippen LogP contribution is -2.02. The molecular formula is C24H20N4O5. The fraction of sp³-hybridized carbons (Fsp3) is 0.125. The Morgan fingerprint density at radius 2 is 1.70 bits per heavy atom. The second-order valence-corrected chi connectivity index (χ2v) is 7.44. The molecule has 0 spiro atoms. The van der Waals surface area contributed by atoms with Crippen molar-refractivity contribution >= 4 is 33.7 Å². The SMILES string of the molecule is CC(CCc1oc2ccccc2c1-c1ccccc1)=NNc1ccc([N+](=O)[O-])cc1[N+](=O)[O-]. The van der Waals surface area contributed by atoms with Gasteiger partial charge in [0.25, 0.3) is 5.69 Å². The first kappa shape index (κ1) is 21.7. The molecule has 0 atom stereocenters. The van der Waals surface area contributed by atoms with Gasteiger partial charge < -0.3 is 4.42 Å². The van der Waals surface area contributed by atoms with Gasteiger partial charge in [-0.25, -0.2) is 0 Å². The van der Waals surface area contributed by atoms with Crippen LogP contribution in [-0.2, 0) is 6.42 Å². The van der Waals surface area contributed by atoms with Gasteiger partial charge in [-0.1, -0.05) is 48.5 Å². The number of nitro benzene ring substituents is 2. The van der Waals surface area contributed by atoms with Crippen molar-refractivity contribution in [1.82, 2.24) is 0 Å². The summed E-state index contributed by atoms with van der Waals surface area (Å²) in [5.41, 5.74) is 5.58. The second-order valence-electron chi connectivity index (χ2n) is 7.44. The summed E-state index contributed by atoms with van der Waals surface area (Å²) in [6, 6.07) is 21.2. The molecule has 0 unspecified atom stereocenters. The van der Waals surface area contributed by atoms with Gasteiger partial charge in [-0.15, -0.1) is 0 Å². The van der Waals surface area contributed by atoms with Crippen LogP contribution in [0.1, 0.15) is 19.1 Å². The fourth-order valence-corrected chi connectivity index (χ4v) is 3.58. The molecule has 0 saturated heterocycles. The van der Waals surface area contributed by atoms with Crippen LogP contribution < -0.4 is 5.43 Å². The van der Waals surface area contributed by atoms with E-state index in [2.05, 4.69) is 10.5 Å². The molecule has 0 aliphatic carbocycles. The maximum absolute atomic E-state index is 11.3. The molecule has 166 valence electrons. The Balaban J connectivity index is 1.55. The molecule has 1 heterocycles. The second kappa shape index (κ2) is 9.31. The Kier molecular flexibility index (Phi) is 6.12. The first-order valence-electron chi connectivity index (χ1n) is 10.2. The Labute approximate surface area is 188 Å². The molecule has 4 rings (SSSR count). The van der Waals surface area contributed by atoms with Crippen molar-refractivity contribution in [2.24, 2.45) is 5.10 Å². The molecule has 33 heavy (non-hydrogen) atoms. The van der Waals surface area contributed by atoms with Gasteiger partial charge in [-0.3, -0.25) is 25.7 Å². The van der Waals surface area contributed by atoms with Crippen LogP contribution in [0.25, 0.3) is 22.1 Å². The highest BCUT2D eigenvalue weighted by molar-refractivity contribution is 5.96. The van der Waals surface area contributed by atoms with Crippen LogP contribution in [0.5, 0.6) is 0 Å². The number of rotatable bonds is 8. The Bertz CT molecular complexity index is 1360. The topological polar surface area (TPSA) is 124 Å². The highest BCUT2D eigenvalue weighted by atomic mass is 16.6. The number of nitrogens with one attached hydrogen (secondary N) is 1. The van der Waals surface area contributed by atoms with Crippen molar-refractivity contribution in [2.75, 3.05) is 5.43 Å². The maximum atomic E-state index is 11.3. The van der Waals surface area contributed by atoms with E-state index in [4.69, 9.17) is 4.42 Å². The Hall–Kier alpha value is -4.53. The summed E-state index contributed by atoms with van der Waals surface area (Å²) in [5.74, 6) is 0.832. The summed E-state index contributed by atoms with van der Waals surface area (Å²) in [7, 11) is 0. The van der Waals surface area contributed by atoms with Gasteiger partial charge in [-0.2, -0.15) is 5.10 Å². The van der Waals surface area contributed by atoms with Crippen LogP contribution in [0.2, 0.25) is 0 Å². The third-order valence-electron chi connectivity index (χ3n) is 5.20. The Morgan fingerprint density at radius 3 is 2.42 bits per heavy atom. The molecule has 0 bridgehead atoms. The van der Waals surface area contributed by atoms with E-state index in [0.717, 1.165) is 33.9 Å². The zero-order valence-corrected chi connectivity index (χ0v) is 17.7. The maximum Gasteiger partial charge on any atom is 0.301 e. The molecule has 3 aromatic carbocycles.